The van der Waals surface area contributed by atoms with Crippen LogP contribution in [0.5, 0.6) is 0 Å². The van der Waals surface area contributed by atoms with Gasteiger partial charge in [0, 0.05) is 43.8 Å². The molecule has 5 heteroatoms. The van der Waals surface area contributed by atoms with Crippen molar-refractivity contribution in [3.05, 3.63) is 241 Å². The lowest BCUT2D eigenvalue weighted by atomic mass is 9.99. The fraction of sp³-hybridized carbons (Fsp3) is 0.0175. The average molecular weight is 794 g/mol. The number of amidine groups is 2. The first-order valence-corrected chi connectivity index (χ1v) is 21.1. The van der Waals surface area contributed by atoms with Gasteiger partial charge < -0.3 is 14.5 Å². The minimum atomic E-state index is -0.544. The lowest BCUT2D eigenvalue weighted by Crippen LogP contribution is -2.36. The lowest BCUT2D eigenvalue weighted by Gasteiger charge is -2.25. The Labute approximate surface area is 359 Å². The van der Waals surface area contributed by atoms with Crippen molar-refractivity contribution in [2.24, 2.45) is 9.98 Å². The Morgan fingerprint density at radius 3 is 1.27 bits per heavy atom. The van der Waals surface area contributed by atoms with E-state index < -0.39 is 6.17 Å². The third-order valence-electron chi connectivity index (χ3n) is 12.2. The second kappa shape index (κ2) is 14.8. The van der Waals surface area contributed by atoms with Gasteiger partial charge in [-0.2, -0.15) is 0 Å². The first-order valence-electron chi connectivity index (χ1n) is 21.1. The van der Waals surface area contributed by atoms with E-state index in [2.05, 4.69) is 233 Å². The molecule has 0 saturated carbocycles. The summed E-state index contributed by atoms with van der Waals surface area (Å²) in [6, 6.07) is 79.9. The number of aromatic nitrogens is 2. The van der Waals surface area contributed by atoms with Crippen LogP contribution in [0.1, 0.15) is 22.9 Å². The molecule has 1 N–H and O–H groups in total. The number of aliphatic imine (C=N–C) groups is 2. The predicted molar refractivity (Wildman–Crippen MR) is 258 cm³/mol. The summed E-state index contributed by atoms with van der Waals surface area (Å²) in [4.78, 5) is 11.0. The van der Waals surface area contributed by atoms with Gasteiger partial charge >= 0.3 is 0 Å². The molecular weight excluding hydrogens is 755 g/mol. The highest BCUT2D eigenvalue weighted by molar-refractivity contribution is 6.18. The van der Waals surface area contributed by atoms with Crippen LogP contribution < -0.4 is 5.32 Å². The zero-order chi connectivity index (χ0) is 41.0. The molecule has 9 aromatic carbocycles. The van der Waals surface area contributed by atoms with Gasteiger partial charge in [-0.1, -0.05) is 182 Å². The van der Waals surface area contributed by atoms with Crippen molar-refractivity contribution in [3.63, 3.8) is 0 Å². The number of rotatable bonds is 7. The molecule has 2 aromatic heterocycles. The molecule has 0 radical (unpaired) electrons. The lowest BCUT2D eigenvalue weighted by molar-refractivity contribution is 0.755. The van der Waals surface area contributed by atoms with Gasteiger partial charge in [0.15, 0.2) is 6.17 Å². The quantitative estimate of drug-likeness (QED) is 0.172. The highest BCUT2D eigenvalue weighted by Crippen LogP contribution is 2.40. The van der Waals surface area contributed by atoms with E-state index in [1.165, 1.54) is 21.5 Å². The fourth-order valence-corrected chi connectivity index (χ4v) is 9.33. The summed E-state index contributed by atoms with van der Waals surface area (Å²) in [7, 11) is 0. The van der Waals surface area contributed by atoms with E-state index >= 15 is 0 Å². The zero-order valence-corrected chi connectivity index (χ0v) is 33.7. The number of benzene rings is 9. The number of nitrogens with one attached hydrogen (secondary N) is 1. The predicted octanol–water partition coefficient (Wildman–Crippen LogP) is 13.7. The Hall–Kier alpha value is -8.28. The third kappa shape index (κ3) is 5.94. The molecule has 12 rings (SSSR count). The van der Waals surface area contributed by atoms with E-state index in [9.17, 15) is 0 Å². The van der Waals surface area contributed by atoms with Crippen LogP contribution in [0.25, 0.3) is 77.2 Å². The van der Waals surface area contributed by atoms with Crippen molar-refractivity contribution < 1.29 is 0 Å². The summed E-state index contributed by atoms with van der Waals surface area (Å²) in [6.45, 7) is 0. The van der Waals surface area contributed by atoms with E-state index in [1.807, 2.05) is 6.07 Å². The first kappa shape index (κ1) is 35.6. The molecule has 5 nitrogen and oxygen atoms in total. The van der Waals surface area contributed by atoms with Crippen LogP contribution >= 0.6 is 0 Å². The van der Waals surface area contributed by atoms with Crippen molar-refractivity contribution in [3.8, 4) is 33.6 Å². The summed E-state index contributed by atoms with van der Waals surface area (Å²) < 4.78 is 4.81. The van der Waals surface area contributed by atoms with Gasteiger partial charge in [-0.3, -0.25) is 0 Å². The normalized spacial score (nSPS) is 14.0. The molecule has 1 atom stereocenters. The maximum Gasteiger partial charge on any atom is 0.169 e. The molecule has 1 aliphatic heterocycles. The molecule has 0 bridgehead atoms. The SMILES string of the molecule is c1ccc(C2=NC(c3ccc(-c4ccccc4)c(-n4c5ccccc5c5ccccc54)c3)N=C(c3ccc(-c4ccccc4)cc3-n3c4ccccc4c4ccccc43)N2)cc1. The van der Waals surface area contributed by atoms with Crippen molar-refractivity contribution in [1.29, 1.82) is 0 Å². The molecule has 0 spiro atoms. The molecule has 0 aliphatic carbocycles. The van der Waals surface area contributed by atoms with Gasteiger partial charge in [-0.25, -0.2) is 9.98 Å². The molecular formula is C57H39N5. The van der Waals surface area contributed by atoms with Crippen LogP contribution in [0.4, 0.5) is 0 Å². The maximum atomic E-state index is 5.58. The van der Waals surface area contributed by atoms with Crippen LogP contribution in [0.2, 0.25) is 0 Å². The van der Waals surface area contributed by atoms with E-state index in [1.54, 1.807) is 0 Å². The minimum Gasteiger partial charge on any atom is -0.324 e. The number of hydrogen-bond acceptors (Lipinski definition) is 3. The van der Waals surface area contributed by atoms with Crippen molar-refractivity contribution in [2.75, 3.05) is 0 Å². The topological polar surface area (TPSA) is 46.6 Å². The molecule has 1 aliphatic rings. The molecule has 0 fully saturated rings. The van der Waals surface area contributed by atoms with E-state index in [0.717, 1.165) is 84.1 Å². The monoisotopic (exact) mass is 793 g/mol. The molecule has 292 valence electrons. The van der Waals surface area contributed by atoms with Gasteiger partial charge in [-0.15, -0.1) is 0 Å². The standard InChI is InChI=1S/C57H39N5/c1-4-18-38(19-5-1)41-32-35-48(54(36-41)62-51-30-16-12-26-46(51)47-27-13-17-31-52(47)62)57-59-55(40-22-8-3-9-23-40)58-56(60-57)42-33-34-43(39-20-6-2-7-21-39)53(37-42)61-49-28-14-10-24-44(49)45-25-11-15-29-50(45)61/h1-37,56H,(H,58,59,60). The van der Waals surface area contributed by atoms with Crippen LogP contribution in [-0.2, 0) is 0 Å². The Balaban J connectivity index is 1.10. The molecule has 0 saturated heterocycles. The van der Waals surface area contributed by atoms with Gasteiger partial charge in [0.1, 0.15) is 11.7 Å². The second-order valence-corrected chi connectivity index (χ2v) is 15.8. The Kier molecular flexibility index (Phi) is 8.49. The summed E-state index contributed by atoms with van der Waals surface area (Å²) in [5.41, 5.74) is 14.2. The second-order valence-electron chi connectivity index (χ2n) is 15.8. The highest BCUT2D eigenvalue weighted by atomic mass is 15.2. The van der Waals surface area contributed by atoms with Crippen LogP contribution in [0.15, 0.2) is 234 Å². The average Bonchev–Trinajstić information content (AvgIpc) is 3.87. The van der Waals surface area contributed by atoms with Gasteiger partial charge in [-0.05, 0) is 59.2 Å². The van der Waals surface area contributed by atoms with Gasteiger partial charge in [0.05, 0.1) is 33.4 Å². The van der Waals surface area contributed by atoms with E-state index in [-0.39, 0.29) is 0 Å². The first-order chi connectivity index (χ1) is 30.8. The summed E-state index contributed by atoms with van der Waals surface area (Å²) >= 11 is 0. The van der Waals surface area contributed by atoms with E-state index in [4.69, 9.17) is 9.98 Å². The summed E-state index contributed by atoms with van der Waals surface area (Å²) in [6.07, 6.45) is -0.544. The molecule has 1 unspecified atom stereocenters. The van der Waals surface area contributed by atoms with Gasteiger partial charge in [0.25, 0.3) is 0 Å². The van der Waals surface area contributed by atoms with Crippen LogP contribution in [0, 0.1) is 0 Å². The maximum absolute atomic E-state index is 5.58. The Bertz CT molecular complexity index is 3440. The summed E-state index contributed by atoms with van der Waals surface area (Å²) in [5.74, 6) is 1.53. The third-order valence-corrected chi connectivity index (χ3v) is 12.2. The fourth-order valence-electron chi connectivity index (χ4n) is 9.33. The highest BCUT2D eigenvalue weighted by Gasteiger charge is 2.26. The molecule has 11 aromatic rings. The molecule has 62 heavy (non-hydrogen) atoms. The van der Waals surface area contributed by atoms with Crippen molar-refractivity contribution in [2.45, 2.75) is 6.17 Å². The molecule has 3 heterocycles. The van der Waals surface area contributed by atoms with Crippen molar-refractivity contribution in [1.82, 2.24) is 14.5 Å². The number of hydrogen-bond donors (Lipinski definition) is 1. The number of para-hydroxylation sites is 4. The Morgan fingerprint density at radius 1 is 0.323 bits per heavy atom. The summed E-state index contributed by atoms with van der Waals surface area (Å²) in [5, 5.41) is 8.60. The minimum absolute atomic E-state index is 0.544. The number of nitrogens with zero attached hydrogens (tertiary/aromatic N) is 4. The Morgan fingerprint density at radius 2 is 0.742 bits per heavy atom. The largest absolute Gasteiger partial charge is 0.324 e. The van der Waals surface area contributed by atoms with Crippen LogP contribution in [-0.4, -0.2) is 20.8 Å². The zero-order valence-electron chi connectivity index (χ0n) is 33.7. The van der Waals surface area contributed by atoms with E-state index in [0.29, 0.717) is 0 Å². The van der Waals surface area contributed by atoms with Crippen molar-refractivity contribution >= 4 is 55.3 Å². The molecule has 0 amide bonds. The smallest absolute Gasteiger partial charge is 0.169 e. The van der Waals surface area contributed by atoms with Gasteiger partial charge in [0.2, 0.25) is 0 Å². The number of fused-ring (bicyclic) bond motifs is 6. The van der Waals surface area contributed by atoms with Crippen LogP contribution in [0.3, 0.4) is 0 Å².